The summed E-state index contributed by atoms with van der Waals surface area (Å²) in [4.78, 5) is 22.5. The number of sulfonamides is 1. The minimum Gasteiger partial charge on any atom is -0.342 e. The van der Waals surface area contributed by atoms with E-state index in [0.29, 0.717) is 24.8 Å². The molecule has 1 atom stereocenters. The molecule has 9 heteroatoms. The van der Waals surface area contributed by atoms with Gasteiger partial charge >= 0.3 is 0 Å². The highest BCUT2D eigenvalue weighted by Gasteiger charge is 2.25. The summed E-state index contributed by atoms with van der Waals surface area (Å²) in [6.07, 6.45) is 5.09. The molecule has 1 amide bonds. The second kappa shape index (κ2) is 9.99. The SMILES string of the molecule is O=C(CSc1ncccn1)N1CCC[C@@H](CNS(=O)(=O)Cc2ccccc2)C1. The van der Waals surface area contributed by atoms with Crippen LogP contribution in [0.4, 0.5) is 0 Å². The van der Waals surface area contributed by atoms with Crippen LogP contribution in [-0.2, 0) is 20.6 Å². The van der Waals surface area contributed by atoms with Crippen molar-refractivity contribution in [3.63, 3.8) is 0 Å². The summed E-state index contributed by atoms with van der Waals surface area (Å²) >= 11 is 1.32. The molecule has 1 aromatic carbocycles. The maximum atomic E-state index is 12.5. The van der Waals surface area contributed by atoms with Gasteiger partial charge in [0, 0.05) is 32.0 Å². The smallest absolute Gasteiger partial charge is 0.233 e. The first-order chi connectivity index (χ1) is 13.5. The normalized spacial score (nSPS) is 17.4. The minimum atomic E-state index is -3.39. The maximum Gasteiger partial charge on any atom is 0.233 e. The summed E-state index contributed by atoms with van der Waals surface area (Å²) < 4.78 is 27.3. The van der Waals surface area contributed by atoms with Gasteiger partial charge in [-0.3, -0.25) is 4.79 Å². The quantitative estimate of drug-likeness (QED) is 0.518. The molecule has 0 aliphatic carbocycles. The fourth-order valence-corrected chi connectivity index (χ4v) is 5.05. The summed E-state index contributed by atoms with van der Waals surface area (Å²) in [7, 11) is -3.39. The monoisotopic (exact) mass is 420 g/mol. The fraction of sp³-hybridized carbons (Fsp3) is 0.421. The molecule has 2 heterocycles. The summed E-state index contributed by atoms with van der Waals surface area (Å²) in [6.45, 7) is 1.64. The van der Waals surface area contributed by atoms with Gasteiger partial charge < -0.3 is 4.90 Å². The first kappa shape index (κ1) is 20.8. The second-order valence-electron chi connectivity index (χ2n) is 6.76. The van der Waals surface area contributed by atoms with E-state index in [9.17, 15) is 13.2 Å². The van der Waals surface area contributed by atoms with E-state index in [1.165, 1.54) is 11.8 Å². The zero-order chi connectivity index (χ0) is 19.8. The molecule has 28 heavy (non-hydrogen) atoms. The van der Waals surface area contributed by atoms with Gasteiger partial charge in [0.25, 0.3) is 0 Å². The molecule has 150 valence electrons. The summed E-state index contributed by atoms with van der Waals surface area (Å²) in [6, 6.07) is 10.9. The molecular weight excluding hydrogens is 396 g/mol. The first-order valence-corrected chi connectivity index (χ1v) is 11.8. The molecule has 1 aliphatic rings. The van der Waals surface area contributed by atoms with E-state index in [-0.39, 0.29) is 23.3 Å². The number of likely N-dealkylation sites (tertiary alicyclic amines) is 1. The van der Waals surface area contributed by atoms with Gasteiger partial charge in [-0.1, -0.05) is 42.1 Å². The Labute approximate surface area is 170 Å². The number of carbonyl (C=O) groups is 1. The van der Waals surface area contributed by atoms with Crippen LogP contribution in [0.15, 0.2) is 53.9 Å². The standard InChI is InChI=1S/C19H24N4O3S2/c24-18(14-27-19-20-9-5-10-21-19)23-11-4-8-17(13-23)12-22-28(25,26)15-16-6-2-1-3-7-16/h1-3,5-7,9-10,17,22H,4,8,11-15H2/t17-/m0/s1. The maximum absolute atomic E-state index is 12.5. The van der Waals surface area contributed by atoms with E-state index in [2.05, 4.69) is 14.7 Å². The summed E-state index contributed by atoms with van der Waals surface area (Å²) in [5.74, 6) is 0.420. The van der Waals surface area contributed by atoms with E-state index in [1.54, 1.807) is 30.6 Å². The Bertz CT molecular complexity index is 863. The molecule has 0 bridgehead atoms. The Morgan fingerprint density at radius 1 is 1.18 bits per heavy atom. The first-order valence-electron chi connectivity index (χ1n) is 9.21. The number of carbonyl (C=O) groups excluding carboxylic acids is 1. The highest BCUT2D eigenvalue weighted by atomic mass is 32.2. The molecule has 2 aromatic rings. The van der Waals surface area contributed by atoms with Crippen molar-refractivity contribution in [3.8, 4) is 0 Å². The molecule has 1 aromatic heterocycles. The lowest BCUT2D eigenvalue weighted by atomic mass is 9.98. The summed E-state index contributed by atoms with van der Waals surface area (Å²) in [5, 5.41) is 0.582. The van der Waals surface area contributed by atoms with Crippen LogP contribution >= 0.6 is 11.8 Å². The number of hydrogen-bond donors (Lipinski definition) is 1. The highest BCUT2D eigenvalue weighted by Crippen LogP contribution is 2.19. The minimum absolute atomic E-state index is 0.0308. The molecule has 1 N–H and O–H groups in total. The van der Waals surface area contributed by atoms with Crippen molar-refractivity contribution >= 4 is 27.7 Å². The van der Waals surface area contributed by atoms with Crippen molar-refractivity contribution in [2.75, 3.05) is 25.4 Å². The molecule has 7 nitrogen and oxygen atoms in total. The number of aromatic nitrogens is 2. The fourth-order valence-electron chi connectivity index (χ4n) is 3.13. The lowest BCUT2D eigenvalue weighted by Crippen LogP contribution is -2.44. The Kier molecular flexibility index (Phi) is 7.41. The number of thioether (sulfide) groups is 1. The van der Waals surface area contributed by atoms with Crippen molar-refractivity contribution in [1.82, 2.24) is 19.6 Å². The van der Waals surface area contributed by atoms with Crippen LogP contribution in [0.3, 0.4) is 0 Å². The highest BCUT2D eigenvalue weighted by molar-refractivity contribution is 7.99. The van der Waals surface area contributed by atoms with Crippen molar-refractivity contribution in [1.29, 1.82) is 0 Å². The van der Waals surface area contributed by atoms with Crippen LogP contribution in [0, 0.1) is 5.92 Å². The molecule has 0 unspecified atom stereocenters. The lowest BCUT2D eigenvalue weighted by molar-refractivity contribution is -0.130. The number of amides is 1. The topological polar surface area (TPSA) is 92.3 Å². The Hall–Kier alpha value is -1.97. The van der Waals surface area contributed by atoms with Gasteiger partial charge in [0.15, 0.2) is 5.16 Å². The third-order valence-corrected chi connectivity index (χ3v) is 6.71. The molecule has 3 rings (SSSR count). The number of nitrogens with zero attached hydrogens (tertiary/aromatic N) is 3. The van der Waals surface area contributed by atoms with Crippen LogP contribution < -0.4 is 4.72 Å². The number of benzene rings is 1. The third kappa shape index (κ3) is 6.57. The van der Waals surface area contributed by atoms with Crippen LogP contribution in [0.2, 0.25) is 0 Å². The largest absolute Gasteiger partial charge is 0.342 e. The van der Waals surface area contributed by atoms with Crippen molar-refractivity contribution in [3.05, 3.63) is 54.4 Å². The van der Waals surface area contributed by atoms with E-state index in [4.69, 9.17) is 0 Å². The number of piperidine rings is 1. The van der Waals surface area contributed by atoms with Crippen LogP contribution in [0.5, 0.6) is 0 Å². The van der Waals surface area contributed by atoms with E-state index < -0.39 is 10.0 Å². The molecular formula is C19H24N4O3S2. The van der Waals surface area contributed by atoms with E-state index >= 15 is 0 Å². The molecule has 1 saturated heterocycles. The zero-order valence-corrected chi connectivity index (χ0v) is 17.2. The Morgan fingerprint density at radius 3 is 2.68 bits per heavy atom. The predicted octanol–water partition coefficient (Wildman–Crippen LogP) is 1.93. The molecule has 1 aliphatic heterocycles. The van der Waals surface area contributed by atoms with E-state index in [1.807, 2.05) is 23.1 Å². The molecule has 0 spiro atoms. The van der Waals surface area contributed by atoms with Gasteiger partial charge in [0.05, 0.1) is 11.5 Å². The van der Waals surface area contributed by atoms with Gasteiger partial charge in [-0.15, -0.1) is 0 Å². The molecule has 1 fully saturated rings. The van der Waals surface area contributed by atoms with Gasteiger partial charge in [0.1, 0.15) is 0 Å². The van der Waals surface area contributed by atoms with Gasteiger partial charge in [-0.25, -0.2) is 23.1 Å². The van der Waals surface area contributed by atoms with E-state index in [0.717, 1.165) is 18.4 Å². The molecule has 0 radical (unpaired) electrons. The number of rotatable bonds is 8. The Morgan fingerprint density at radius 2 is 1.93 bits per heavy atom. The van der Waals surface area contributed by atoms with Crippen molar-refractivity contribution in [2.45, 2.75) is 23.8 Å². The molecule has 0 saturated carbocycles. The van der Waals surface area contributed by atoms with Crippen molar-refractivity contribution in [2.24, 2.45) is 5.92 Å². The summed E-state index contributed by atoms with van der Waals surface area (Å²) in [5.41, 5.74) is 0.760. The van der Waals surface area contributed by atoms with Gasteiger partial charge in [0.2, 0.25) is 15.9 Å². The zero-order valence-electron chi connectivity index (χ0n) is 15.5. The average Bonchev–Trinajstić information content (AvgIpc) is 2.72. The van der Waals surface area contributed by atoms with Crippen LogP contribution in [0.1, 0.15) is 18.4 Å². The van der Waals surface area contributed by atoms with Gasteiger partial charge in [-0.2, -0.15) is 0 Å². The van der Waals surface area contributed by atoms with Crippen LogP contribution in [-0.4, -0.2) is 54.6 Å². The lowest BCUT2D eigenvalue weighted by Gasteiger charge is -2.32. The number of hydrogen-bond acceptors (Lipinski definition) is 6. The Balaban J connectivity index is 1.46. The number of nitrogens with one attached hydrogen (secondary N) is 1. The second-order valence-corrected chi connectivity index (χ2v) is 9.51. The van der Waals surface area contributed by atoms with Crippen molar-refractivity contribution < 1.29 is 13.2 Å². The third-order valence-electron chi connectivity index (χ3n) is 4.53. The van der Waals surface area contributed by atoms with Crippen LogP contribution in [0.25, 0.3) is 0 Å². The predicted molar refractivity (Wildman–Crippen MR) is 109 cm³/mol. The average molecular weight is 421 g/mol. The van der Waals surface area contributed by atoms with Gasteiger partial charge in [-0.05, 0) is 30.4 Å².